The highest BCUT2D eigenvalue weighted by atomic mass is 16.3. The Kier molecular flexibility index (Phi) is 4.56. The highest BCUT2D eigenvalue weighted by molar-refractivity contribution is 6.08. The largest absolute Gasteiger partial charge is 0.451 e. The van der Waals surface area contributed by atoms with Crippen molar-refractivity contribution in [2.75, 3.05) is 0 Å². The molecule has 1 heterocycles. The van der Waals surface area contributed by atoms with E-state index in [4.69, 9.17) is 4.42 Å². The SMILES string of the molecule is Cc1ccc([C@H](NC(=O)c2cc3c(ccc4ccccc43)o2)c2ccccc2)cc1. The molecular weight excluding hydrogens is 370 g/mol. The summed E-state index contributed by atoms with van der Waals surface area (Å²) in [4.78, 5) is 13.2. The maximum Gasteiger partial charge on any atom is 0.287 e. The number of furan rings is 1. The molecule has 0 bridgehead atoms. The third-order valence-corrected chi connectivity index (χ3v) is 5.47. The van der Waals surface area contributed by atoms with Crippen molar-refractivity contribution in [1.29, 1.82) is 0 Å². The number of benzene rings is 4. The third kappa shape index (κ3) is 3.35. The number of nitrogens with one attached hydrogen (secondary N) is 1. The summed E-state index contributed by atoms with van der Waals surface area (Å²) in [5, 5.41) is 6.31. The predicted octanol–water partition coefficient (Wildman–Crippen LogP) is 6.41. The van der Waals surface area contributed by atoms with E-state index < -0.39 is 0 Å². The Labute approximate surface area is 175 Å². The van der Waals surface area contributed by atoms with Gasteiger partial charge in [-0.25, -0.2) is 0 Å². The fourth-order valence-corrected chi connectivity index (χ4v) is 3.87. The van der Waals surface area contributed by atoms with Crippen LogP contribution < -0.4 is 5.32 Å². The lowest BCUT2D eigenvalue weighted by atomic mass is 9.97. The maximum absolute atomic E-state index is 13.2. The molecule has 0 spiro atoms. The summed E-state index contributed by atoms with van der Waals surface area (Å²) in [7, 11) is 0. The Morgan fingerprint density at radius 1 is 0.767 bits per heavy atom. The highest BCUT2D eigenvalue weighted by Crippen LogP contribution is 2.29. The quantitative estimate of drug-likeness (QED) is 0.384. The molecule has 0 aliphatic carbocycles. The molecule has 3 nitrogen and oxygen atoms in total. The van der Waals surface area contributed by atoms with E-state index in [0.29, 0.717) is 11.3 Å². The normalized spacial score (nSPS) is 12.2. The fraction of sp³-hybridized carbons (Fsp3) is 0.0741. The molecule has 0 saturated heterocycles. The molecule has 3 heteroatoms. The number of hydrogen-bond acceptors (Lipinski definition) is 2. The molecular formula is C27H21NO2. The number of rotatable bonds is 4. The Bertz CT molecular complexity index is 1330. The summed E-state index contributed by atoms with van der Waals surface area (Å²) in [5.74, 6) is 0.0825. The number of amides is 1. The van der Waals surface area contributed by atoms with Gasteiger partial charge in [-0.05, 0) is 41.0 Å². The summed E-state index contributed by atoms with van der Waals surface area (Å²) in [5.41, 5.74) is 3.95. The van der Waals surface area contributed by atoms with Gasteiger partial charge < -0.3 is 9.73 Å². The van der Waals surface area contributed by atoms with Crippen LogP contribution in [0.3, 0.4) is 0 Å². The minimum absolute atomic E-state index is 0.232. The minimum atomic E-state index is -0.260. The Balaban J connectivity index is 1.52. The molecule has 5 rings (SSSR count). The van der Waals surface area contributed by atoms with Gasteiger partial charge in [0.1, 0.15) is 5.58 Å². The van der Waals surface area contributed by atoms with E-state index in [2.05, 4.69) is 42.6 Å². The van der Waals surface area contributed by atoms with Gasteiger partial charge in [0.15, 0.2) is 5.76 Å². The van der Waals surface area contributed by atoms with Gasteiger partial charge in [0, 0.05) is 5.39 Å². The van der Waals surface area contributed by atoms with Gasteiger partial charge in [-0.1, -0.05) is 90.5 Å². The Morgan fingerprint density at radius 2 is 1.47 bits per heavy atom. The van der Waals surface area contributed by atoms with Crippen molar-refractivity contribution >= 4 is 27.6 Å². The molecule has 5 aromatic rings. The molecule has 0 saturated carbocycles. The van der Waals surface area contributed by atoms with E-state index in [1.807, 2.05) is 66.7 Å². The van der Waals surface area contributed by atoms with Gasteiger partial charge in [-0.15, -0.1) is 0 Å². The first kappa shape index (κ1) is 18.2. The molecule has 30 heavy (non-hydrogen) atoms. The van der Waals surface area contributed by atoms with E-state index >= 15 is 0 Å². The third-order valence-electron chi connectivity index (χ3n) is 5.47. The highest BCUT2D eigenvalue weighted by Gasteiger charge is 2.20. The first-order valence-corrected chi connectivity index (χ1v) is 10.0. The van der Waals surface area contributed by atoms with E-state index in [1.165, 1.54) is 5.56 Å². The zero-order chi connectivity index (χ0) is 20.5. The van der Waals surface area contributed by atoms with E-state index in [0.717, 1.165) is 27.3 Å². The molecule has 0 radical (unpaired) electrons. The second-order valence-corrected chi connectivity index (χ2v) is 7.54. The summed E-state index contributed by atoms with van der Waals surface area (Å²) >= 11 is 0. The van der Waals surface area contributed by atoms with Crippen molar-refractivity contribution in [3.8, 4) is 0 Å². The molecule has 1 N–H and O–H groups in total. The molecule has 0 unspecified atom stereocenters. The number of carbonyl (C=O) groups is 1. The van der Waals surface area contributed by atoms with Crippen molar-refractivity contribution in [3.05, 3.63) is 120 Å². The number of aryl methyl sites for hydroxylation is 1. The van der Waals surface area contributed by atoms with Crippen LogP contribution in [0.2, 0.25) is 0 Å². The second-order valence-electron chi connectivity index (χ2n) is 7.54. The maximum atomic E-state index is 13.2. The first-order valence-electron chi connectivity index (χ1n) is 10.0. The molecule has 0 fully saturated rings. The number of fused-ring (bicyclic) bond motifs is 3. The summed E-state index contributed by atoms with van der Waals surface area (Å²) in [6.45, 7) is 2.05. The molecule has 146 valence electrons. The fourth-order valence-electron chi connectivity index (χ4n) is 3.87. The smallest absolute Gasteiger partial charge is 0.287 e. The van der Waals surface area contributed by atoms with Gasteiger partial charge in [0.2, 0.25) is 0 Å². The summed E-state index contributed by atoms with van der Waals surface area (Å²) in [6, 6.07) is 31.8. The predicted molar refractivity (Wildman–Crippen MR) is 121 cm³/mol. The Hall–Kier alpha value is -3.85. The van der Waals surface area contributed by atoms with Gasteiger partial charge in [-0.3, -0.25) is 4.79 Å². The van der Waals surface area contributed by atoms with Gasteiger partial charge >= 0.3 is 0 Å². The van der Waals surface area contributed by atoms with Crippen LogP contribution in [-0.4, -0.2) is 5.91 Å². The summed E-state index contributed by atoms with van der Waals surface area (Å²) in [6.07, 6.45) is 0. The zero-order valence-electron chi connectivity index (χ0n) is 16.6. The van der Waals surface area contributed by atoms with Crippen LogP contribution in [0.1, 0.15) is 33.3 Å². The number of hydrogen-bond donors (Lipinski definition) is 1. The lowest BCUT2D eigenvalue weighted by Gasteiger charge is -2.19. The lowest BCUT2D eigenvalue weighted by Crippen LogP contribution is -2.29. The Morgan fingerprint density at radius 3 is 2.27 bits per heavy atom. The van der Waals surface area contributed by atoms with E-state index in [9.17, 15) is 4.79 Å². The van der Waals surface area contributed by atoms with Gasteiger partial charge in [0.05, 0.1) is 6.04 Å². The first-order chi connectivity index (χ1) is 14.7. The lowest BCUT2D eigenvalue weighted by molar-refractivity contribution is 0.0917. The van der Waals surface area contributed by atoms with Crippen LogP contribution in [0.25, 0.3) is 21.7 Å². The van der Waals surface area contributed by atoms with Crippen molar-refractivity contribution in [2.24, 2.45) is 0 Å². The van der Waals surface area contributed by atoms with E-state index in [1.54, 1.807) is 0 Å². The van der Waals surface area contributed by atoms with Crippen LogP contribution in [-0.2, 0) is 0 Å². The monoisotopic (exact) mass is 391 g/mol. The van der Waals surface area contributed by atoms with Crippen LogP contribution in [0.5, 0.6) is 0 Å². The van der Waals surface area contributed by atoms with Crippen LogP contribution in [0, 0.1) is 6.92 Å². The molecule has 1 atom stereocenters. The van der Waals surface area contributed by atoms with Crippen LogP contribution in [0.15, 0.2) is 101 Å². The molecule has 0 aliphatic rings. The second kappa shape index (κ2) is 7.53. The van der Waals surface area contributed by atoms with Gasteiger partial charge in [0.25, 0.3) is 5.91 Å². The minimum Gasteiger partial charge on any atom is -0.451 e. The number of carbonyl (C=O) groups excluding carboxylic acids is 1. The van der Waals surface area contributed by atoms with E-state index in [-0.39, 0.29) is 11.9 Å². The van der Waals surface area contributed by atoms with Crippen molar-refractivity contribution in [1.82, 2.24) is 5.32 Å². The standard InChI is InChI=1S/C27H21NO2/c1-18-11-13-21(14-12-18)26(20-8-3-2-4-9-20)28-27(29)25-17-23-22-10-6-5-7-19(22)15-16-24(23)30-25/h2-17,26H,1H3,(H,28,29)/t26-/m1/s1. The molecule has 1 amide bonds. The molecule has 1 aromatic heterocycles. The molecule has 0 aliphatic heterocycles. The van der Waals surface area contributed by atoms with Crippen molar-refractivity contribution in [3.63, 3.8) is 0 Å². The topological polar surface area (TPSA) is 42.2 Å². The van der Waals surface area contributed by atoms with Crippen LogP contribution >= 0.6 is 0 Å². The van der Waals surface area contributed by atoms with Gasteiger partial charge in [-0.2, -0.15) is 0 Å². The average molecular weight is 391 g/mol. The average Bonchev–Trinajstić information content (AvgIpc) is 3.24. The summed E-state index contributed by atoms with van der Waals surface area (Å²) < 4.78 is 5.92. The zero-order valence-corrected chi connectivity index (χ0v) is 16.6. The molecule has 4 aromatic carbocycles. The van der Waals surface area contributed by atoms with Crippen molar-refractivity contribution < 1.29 is 9.21 Å². The van der Waals surface area contributed by atoms with Crippen LogP contribution in [0.4, 0.5) is 0 Å². The van der Waals surface area contributed by atoms with Crippen molar-refractivity contribution in [2.45, 2.75) is 13.0 Å².